The largest absolute Gasteiger partial charge is 0.479 e. The molecule has 0 radical (unpaired) electrons. The fraction of sp³-hybridized carbons (Fsp3) is 0.714. The van der Waals surface area contributed by atoms with Gasteiger partial charge in [0.15, 0.2) is 0 Å². The zero-order valence-corrected chi connectivity index (χ0v) is 12.4. The summed E-state index contributed by atoms with van der Waals surface area (Å²) in [7, 11) is 0. The fourth-order valence-electron chi connectivity index (χ4n) is 1.29. The number of alkyl carbamates (subject to hydrolysis) is 1. The molecular formula is C14H25NO4. The van der Waals surface area contributed by atoms with Gasteiger partial charge in [-0.1, -0.05) is 26.0 Å². The van der Waals surface area contributed by atoms with Crippen molar-refractivity contribution in [1.82, 2.24) is 5.32 Å². The lowest BCUT2D eigenvalue weighted by Crippen LogP contribution is -2.42. The summed E-state index contributed by atoms with van der Waals surface area (Å²) in [5, 5.41) is 11.3. The summed E-state index contributed by atoms with van der Waals surface area (Å²) in [6.45, 7) is 9.37. The number of carbonyl (C=O) groups excluding carboxylic acids is 1. The van der Waals surface area contributed by atoms with Gasteiger partial charge in [-0.3, -0.25) is 0 Å². The molecule has 0 rings (SSSR count). The van der Waals surface area contributed by atoms with Gasteiger partial charge in [0.1, 0.15) is 11.6 Å². The molecule has 0 saturated heterocycles. The highest BCUT2D eigenvalue weighted by molar-refractivity contribution is 5.81. The molecule has 0 aromatic rings. The molecule has 0 spiro atoms. The number of nitrogens with one attached hydrogen (secondary N) is 1. The molecule has 0 bridgehead atoms. The summed E-state index contributed by atoms with van der Waals surface area (Å²) >= 11 is 0. The first-order chi connectivity index (χ1) is 8.61. The van der Waals surface area contributed by atoms with Gasteiger partial charge < -0.3 is 15.2 Å². The van der Waals surface area contributed by atoms with E-state index in [4.69, 9.17) is 9.84 Å². The first-order valence-electron chi connectivity index (χ1n) is 6.51. The van der Waals surface area contributed by atoms with Crippen LogP contribution in [0.15, 0.2) is 12.2 Å². The number of amides is 1. The van der Waals surface area contributed by atoms with Gasteiger partial charge in [-0.05, 0) is 39.5 Å². The molecule has 0 aliphatic heterocycles. The Morgan fingerprint density at radius 1 is 1.32 bits per heavy atom. The van der Waals surface area contributed by atoms with Crippen molar-refractivity contribution in [3.05, 3.63) is 12.2 Å². The molecule has 2 N–H and O–H groups in total. The van der Waals surface area contributed by atoms with Crippen molar-refractivity contribution in [1.29, 1.82) is 0 Å². The standard InChI is InChI=1S/C14H25NO4/c1-10(2)8-6-7-9-11(12(16)17)15-13(18)19-14(3,4)5/h7,9-11H,6,8H2,1-5H3,(H,15,18)(H,16,17)/b9-7+/t11-/m0/s1. The van der Waals surface area contributed by atoms with Crippen LogP contribution in [0.1, 0.15) is 47.5 Å². The summed E-state index contributed by atoms with van der Waals surface area (Å²) in [4.78, 5) is 22.5. The Kier molecular flexibility index (Phi) is 7.19. The predicted molar refractivity (Wildman–Crippen MR) is 74.0 cm³/mol. The Bertz CT molecular complexity index is 329. The van der Waals surface area contributed by atoms with E-state index in [9.17, 15) is 9.59 Å². The van der Waals surface area contributed by atoms with E-state index in [1.807, 2.05) is 0 Å². The van der Waals surface area contributed by atoms with Gasteiger partial charge in [0.05, 0.1) is 0 Å². The second-order valence-electron chi connectivity index (χ2n) is 5.86. The minimum atomic E-state index is -1.10. The summed E-state index contributed by atoms with van der Waals surface area (Å²) in [6.07, 6.45) is 4.30. The average molecular weight is 271 g/mol. The van der Waals surface area contributed by atoms with Gasteiger partial charge in [-0.2, -0.15) is 0 Å². The molecule has 1 atom stereocenters. The van der Waals surface area contributed by atoms with Crippen LogP contribution in [0.4, 0.5) is 4.79 Å². The number of allylic oxidation sites excluding steroid dienone is 1. The van der Waals surface area contributed by atoms with Crippen molar-refractivity contribution in [3.8, 4) is 0 Å². The van der Waals surface area contributed by atoms with Crippen molar-refractivity contribution < 1.29 is 19.4 Å². The van der Waals surface area contributed by atoms with E-state index in [1.54, 1.807) is 26.8 Å². The van der Waals surface area contributed by atoms with Gasteiger partial charge in [-0.25, -0.2) is 9.59 Å². The third-order valence-electron chi connectivity index (χ3n) is 2.18. The van der Waals surface area contributed by atoms with Crippen LogP contribution in [-0.2, 0) is 9.53 Å². The summed E-state index contributed by atoms with van der Waals surface area (Å²) in [5.41, 5.74) is -0.644. The van der Waals surface area contributed by atoms with E-state index in [2.05, 4.69) is 19.2 Å². The smallest absolute Gasteiger partial charge is 0.408 e. The lowest BCUT2D eigenvalue weighted by Gasteiger charge is -2.21. The molecule has 1 amide bonds. The van der Waals surface area contributed by atoms with Crippen molar-refractivity contribution in [2.24, 2.45) is 5.92 Å². The molecule has 0 heterocycles. The molecule has 0 aliphatic carbocycles. The van der Waals surface area contributed by atoms with Crippen molar-refractivity contribution >= 4 is 12.1 Å². The highest BCUT2D eigenvalue weighted by Gasteiger charge is 2.21. The van der Waals surface area contributed by atoms with Gasteiger partial charge in [0.2, 0.25) is 0 Å². The zero-order valence-electron chi connectivity index (χ0n) is 12.4. The van der Waals surface area contributed by atoms with Crippen LogP contribution in [-0.4, -0.2) is 28.8 Å². The first-order valence-corrected chi connectivity index (χ1v) is 6.51. The van der Waals surface area contributed by atoms with Gasteiger partial charge >= 0.3 is 12.1 Å². The summed E-state index contributed by atoms with van der Waals surface area (Å²) in [5.74, 6) is -0.543. The Balaban J connectivity index is 4.34. The lowest BCUT2D eigenvalue weighted by atomic mass is 10.1. The maximum Gasteiger partial charge on any atom is 0.408 e. The quantitative estimate of drug-likeness (QED) is 0.728. The van der Waals surface area contributed by atoms with E-state index < -0.39 is 23.7 Å². The Labute approximate surface area is 115 Å². The maximum atomic E-state index is 11.5. The highest BCUT2D eigenvalue weighted by atomic mass is 16.6. The second kappa shape index (κ2) is 7.81. The molecule has 5 heteroatoms. The van der Waals surface area contributed by atoms with Crippen LogP contribution in [0.2, 0.25) is 0 Å². The topological polar surface area (TPSA) is 75.6 Å². The number of rotatable bonds is 6. The molecular weight excluding hydrogens is 246 g/mol. The number of carboxylic acids is 1. The molecule has 110 valence electrons. The van der Waals surface area contributed by atoms with E-state index in [0.717, 1.165) is 12.8 Å². The highest BCUT2D eigenvalue weighted by Crippen LogP contribution is 2.07. The fourth-order valence-corrected chi connectivity index (χ4v) is 1.29. The SMILES string of the molecule is CC(C)CC/C=C/[C@H](NC(=O)OC(C)(C)C)C(=O)O. The molecule has 0 unspecified atom stereocenters. The van der Waals surface area contributed by atoms with Crippen LogP contribution >= 0.6 is 0 Å². The minimum absolute atomic E-state index is 0.562. The normalized spacial score (nSPS) is 13.6. The van der Waals surface area contributed by atoms with Crippen molar-refractivity contribution in [2.45, 2.75) is 59.1 Å². The maximum absolute atomic E-state index is 11.5. The molecule has 0 aromatic heterocycles. The Morgan fingerprint density at radius 2 is 1.89 bits per heavy atom. The van der Waals surface area contributed by atoms with Gasteiger partial charge in [0.25, 0.3) is 0 Å². The van der Waals surface area contributed by atoms with Crippen LogP contribution in [0.25, 0.3) is 0 Å². The van der Waals surface area contributed by atoms with E-state index in [-0.39, 0.29) is 0 Å². The predicted octanol–water partition coefficient (Wildman–Crippen LogP) is 2.96. The number of ether oxygens (including phenoxy) is 1. The zero-order chi connectivity index (χ0) is 15.1. The number of hydrogen-bond acceptors (Lipinski definition) is 3. The second-order valence-corrected chi connectivity index (χ2v) is 5.86. The van der Waals surface area contributed by atoms with Crippen molar-refractivity contribution in [2.75, 3.05) is 0 Å². The van der Waals surface area contributed by atoms with Crippen LogP contribution in [0.3, 0.4) is 0 Å². The molecule has 0 fully saturated rings. The van der Waals surface area contributed by atoms with Crippen LogP contribution in [0.5, 0.6) is 0 Å². The van der Waals surface area contributed by atoms with E-state index in [1.165, 1.54) is 6.08 Å². The van der Waals surface area contributed by atoms with Gasteiger partial charge in [0, 0.05) is 0 Å². The Morgan fingerprint density at radius 3 is 2.32 bits per heavy atom. The minimum Gasteiger partial charge on any atom is -0.479 e. The lowest BCUT2D eigenvalue weighted by molar-refractivity contribution is -0.138. The molecule has 19 heavy (non-hydrogen) atoms. The molecule has 0 aromatic carbocycles. The molecule has 0 saturated carbocycles. The number of carboxylic acid groups (broad SMARTS) is 1. The first kappa shape index (κ1) is 17.5. The molecule has 5 nitrogen and oxygen atoms in total. The van der Waals surface area contributed by atoms with E-state index >= 15 is 0 Å². The van der Waals surface area contributed by atoms with Crippen molar-refractivity contribution in [3.63, 3.8) is 0 Å². The third kappa shape index (κ3) is 10.1. The van der Waals surface area contributed by atoms with Gasteiger partial charge in [-0.15, -0.1) is 0 Å². The average Bonchev–Trinajstić information content (AvgIpc) is 2.19. The summed E-state index contributed by atoms with van der Waals surface area (Å²) in [6, 6.07) is -1.05. The number of hydrogen-bond donors (Lipinski definition) is 2. The third-order valence-corrected chi connectivity index (χ3v) is 2.18. The van der Waals surface area contributed by atoms with E-state index in [0.29, 0.717) is 5.92 Å². The Hall–Kier alpha value is -1.52. The van der Waals surface area contributed by atoms with Crippen LogP contribution < -0.4 is 5.32 Å². The summed E-state index contributed by atoms with van der Waals surface area (Å²) < 4.78 is 5.02. The number of aliphatic carboxylic acids is 1. The number of carbonyl (C=O) groups is 2. The monoisotopic (exact) mass is 271 g/mol. The molecule has 0 aliphatic rings. The van der Waals surface area contributed by atoms with Crippen LogP contribution in [0, 0.1) is 5.92 Å².